The fourth-order valence-corrected chi connectivity index (χ4v) is 3.02. The number of aromatic nitrogens is 1. The maximum atomic E-state index is 12.3. The van der Waals surface area contributed by atoms with Crippen LogP contribution in [0.3, 0.4) is 0 Å². The van der Waals surface area contributed by atoms with Crippen LogP contribution in [0.2, 0.25) is 0 Å². The molecule has 3 aromatic rings. The van der Waals surface area contributed by atoms with Gasteiger partial charge in [0.15, 0.2) is 5.78 Å². The molecule has 1 heterocycles. The Morgan fingerprint density at radius 3 is 2.32 bits per heavy atom. The van der Waals surface area contributed by atoms with Gasteiger partial charge in [0.05, 0.1) is 0 Å². The van der Waals surface area contributed by atoms with Crippen molar-refractivity contribution in [2.24, 2.45) is 5.92 Å². The zero-order chi connectivity index (χ0) is 15.9. The molecule has 0 unspecified atom stereocenters. The molecule has 3 rings (SSSR count). The Bertz CT molecular complexity index is 887. The van der Waals surface area contributed by atoms with E-state index in [0.29, 0.717) is 5.56 Å². The first-order valence-electron chi connectivity index (χ1n) is 7.62. The van der Waals surface area contributed by atoms with Crippen molar-refractivity contribution >= 4 is 33.9 Å². The molecule has 22 heavy (non-hydrogen) atoms. The summed E-state index contributed by atoms with van der Waals surface area (Å²) < 4.78 is 2.21. The Balaban J connectivity index is 2.36. The first-order chi connectivity index (χ1) is 10.6. The largest absolute Gasteiger partial charge is 0.341 e. The number of benzene rings is 2. The molecule has 0 atom stereocenters. The van der Waals surface area contributed by atoms with Crippen LogP contribution in [-0.4, -0.2) is 16.6 Å². The average molecular weight is 293 g/mol. The lowest BCUT2D eigenvalue weighted by molar-refractivity contribution is 0.0939. The van der Waals surface area contributed by atoms with Crippen molar-refractivity contribution in [2.45, 2.75) is 27.3 Å². The highest BCUT2D eigenvalue weighted by Crippen LogP contribution is 2.31. The van der Waals surface area contributed by atoms with Crippen LogP contribution in [0.1, 0.15) is 41.5 Å². The van der Waals surface area contributed by atoms with Gasteiger partial charge in [0.2, 0.25) is 0 Å². The number of ketones is 1. The van der Waals surface area contributed by atoms with Crippen molar-refractivity contribution in [2.75, 3.05) is 0 Å². The van der Waals surface area contributed by atoms with Gasteiger partial charge in [0, 0.05) is 45.4 Å². The first-order valence-corrected chi connectivity index (χ1v) is 7.62. The lowest BCUT2D eigenvalue weighted by atomic mass is 9.99. The highest BCUT2D eigenvalue weighted by molar-refractivity contribution is 6.12. The van der Waals surface area contributed by atoms with Gasteiger partial charge >= 0.3 is 0 Å². The van der Waals surface area contributed by atoms with Gasteiger partial charge in [-0.3, -0.25) is 9.59 Å². The molecule has 0 bridgehead atoms. The predicted molar refractivity (Wildman–Crippen MR) is 89.7 cm³/mol. The summed E-state index contributed by atoms with van der Waals surface area (Å²) in [6, 6.07) is 11.6. The summed E-state index contributed by atoms with van der Waals surface area (Å²) in [5, 5.41) is 2.06. The van der Waals surface area contributed by atoms with E-state index in [2.05, 4.69) is 11.5 Å². The van der Waals surface area contributed by atoms with Crippen LogP contribution in [0.5, 0.6) is 0 Å². The second-order valence-electron chi connectivity index (χ2n) is 5.89. The smallest absolute Gasteiger partial charge is 0.165 e. The Labute approximate surface area is 129 Å². The number of nitrogens with zero attached hydrogens (tertiary/aromatic N) is 1. The van der Waals surface area contributed by atoms with Gasteiger partial charge in [-0.2, -0.15) is 0 Å². The molecule has 3 heteroatoms. The molecular weight excluding hydrogens is 274 g/mol. The lowest BCUT2D eigenvalue weighted by Crippen LogP contribution is -2.07. The van der Waals surface area contributed by atoms with Gasteiger partial charge in [-0.1, -0.05) is 13.8 Å². The van der Waals surface area contributed by atoms with E-state index in [-0.39, 0.29) is 11.7 Å². The van der Waals surface area contributed by atoms with E-state index in [0.717, 1.165) is 40.2 Å². The number of aryl methyl sites for hydroxylation is 1. The molecule has 0 amide bonds. The van der Waals surface area contributed by atoms with Crippen molar-refractivity contribution in [3.05, 3.63) is 47.5 Å². The second-order valence-corrected chi connectivity index (χ2v) is 5.89. The predicted octanol–water partition coefficient (Wildman–Crippen LogP) is 4.47. The summed E-state index contributed by atoms with van der Waals surface area (Å²) in [6.45, 7) is 6.76. The molecule has 0 aliphatic rings. The number of rotatable bonds is 4. The average Bonchev–Trinajstić information content (AvgIpc) is 2.85. The zero-order valence-electron chi connectivity index (χ0n) is 13.1. The van der Waals surface area contributed by atoms with Crippen molar-refractivity contribution in [3.63, 3.8) is 0 Å². The van der Waals surface area contributed by atoms with Gasteiger partial charge in [0.1, 0.15) is 6.29 Å². The quantitative estimate of drug-likeness (QED) is 0.526. The number of aldehydes is 1. The monoisotopic (exact) mass is 293 g/mol. The Morgan fingerprint density at radius 2 is 1.73 bits per heavy atom. The Hall–Kier alpha value is -2.42. The fraction of sp³-hybridized carbons (Fsp3) is 0.263. The highest BCUT2D eigenvalue weighted by atomic mass is 16.1. The number of carbonyl (C=O) groups excluding carboxylic acids is 2. The molecular formula is C19H19NO2. The molecule has 0 N–H and O–H groups in total. The van der Waals surface area contributed by atoms with Crippen LogP contribution in [0.15, 0.2) is 36.4 Å². The molecule has 0 radical (unpaired) electrons. The van der Waals surface area contributed by atoms with E-state index < -0.39 is 0 Å². The molecule has 0 saturated heterocycles. The maximum absolute atomic E-state index is 12.3. The van der Waals surface area contributed by atoms with E-state index in [9.17, 15) is 9.59 Å². The van der Waals surface area contributed by atoms with E-state index in [4.69, 9.17) is 0 Å². The first kappa shape index (κ1) is 14.5. The van der Waals surface area contributed by atoms with Gasteiger partial charge in [-0.25, -0.2) is 0 Å². The molecule has 0 aliphatic heterocycles. The molecule has 0 spiro atoms. The number of carbonyl (C=O) groups is 2. The van der Waals surface area contributed by atoms with E-state index >= 15 is 0 Å². The maximum Gasteiger partial charge on any atom is 0.165 e. The number of fused-ring (bicyclic) bond motifs is 3. The molecule has 3 nitrogen and oxygen atoms in total. The summed E-state index contributed by atoms with van der Waals surface area (Å²) in [4.78, 5) is 23.3. The topological polar surface area (TPSA) is 39.1 Å². The van der Waals surface area contributed by atoms with Gasteiger partial charge in [0.25, 0.3) is 0 Å². The summed E-state index contributed by atoms with van der Waals surface area (Å²) >= 11 is 0. The van der Waals surface area contributed by atoms with Crippen LogP contribution in [-0.2, 0) is 6.54 Å². The third kappa shape index (κ3) is 2.13. The van der Waals surface area contributed by atoms with Crippen molar-refractivity contribution in [1.82, 2.24) is 4.57 Å². The normalized spacial score (nSPS) is 11.5. The summed E-state index contributed by atoms with van der Waals surface area (Å²) in [5.41, 5.74) is 3.58. The molecule has 2 aromatic carbocycles. The van der Waals surface area contributed by atoms with Crippen molar-refractivity contribution < 1.29 is 9.59 Å². The molecule has 112 valence electrons. The van der Waals surface area contributed by atoms with Crippen LogP contribution in [0, 0.1) is 5.92 Å². The number of hydrogen-bond acceptors (Lipinski definition) is 2. The van der Waals surface area contributed by atoms with E-state index in [1.54, 1.807) is 0 Å². The fourth-order valence-electron chi connectivity index (χ4n) is 3.02. The molecule has 1 aromatic heterocycles. The van der Waals surface area contributed by atoms with Crippen LogP contribution >= 0.6 is 0 Å². The molecule has 0 fully saturated rings. The lowest BCUT2D eigenvalue weighted by Gasteiger charge is -2.05. The minimum absolute atomic E-state index is 0.0255. The van der Waals surface area contributed by atoms with E-state index in [1.165, 1.54) is 0 Å². The Kier molecular flexibility index (Phi) is 3.57. The summed E-state index contributed by atoms with van der Waals surface area (Å²) in [7, 11) is 0. The number of Topliss-reactive ketones (excluding diaryl/α,β-unsaturated/α-hetero) is 1. The standard InChI is InChI=1S/C19H19NO2/c1-4-20-17-7-5-13(11-21)9-15(17)16-10-14(6-8-18(16)20)19(22)12(2)3/h5-12H,4H2,1-3H3. The van der Waals surface area contributed by atoms with E-state index in [1.807, 2.05) is 50.2 Å². The summed E-state index contributed by atoms with van der Waals surface area (Å²) in [6.07, 6.45) is 0.859. The zero-order valence-corrected chi connectivity index (χ0v) is 13.1. The minimum Gasteiger partial charge on any atom is -0.341 e. The van der Waals surface area contributed by atoms with Crippen LogP contribution in [0.4, 0.5) is 0 Å². The third-order valence-corrected chi connectivity index (χ3v) is 4.15. The highest BCUT2D eigenvalue weighted by Gasteiger charge is 2.15. The van der Waals surface area contributed by atoms with Gasteiger partial charge in [-0.05, 0) is 43.3 Å². The van der Waals surface area contributed by atoms with Crippen LogP contribution < -0.4 is 0 Å². The van der Waals surface area contributed by atoms with Crippen molar-refractivity contribution in [3.8, 4) is 0 Å². The van der Waals surface area contributed by atoms with Crippen molar-refractivity contribution in [1.29, 1.82) is 0 Å². The molecule has 0 aliphatic carbocycles. The second kappa shape index (κ2) is 5.41. The third-order valence-electron chi connectivity index (χ3n) is 4.15. The number of hydrogen-bond donors (Lipinski definition) is 0. The SMILES string of the molecule is CCn1c2ccc(C=O)cc2c2cc(C(=O)C(C)C)ccc21. The van der Waals surface area contributed by atoms with Gasteiger partial charge in [-0.15, -0.1) is 0 Å². The van der Waals surface area contributed by atoms with Gasteiger partial charge < -0.3 is 4.57 Å². The summed E-state index contributed by atoms with van der Waals surface area (Å²) in [5.74, 6) is 0.119. The minimum atomic E-state index is -0.0255. The van der Waals surface area contributed by atoms with Crippen LogP contribution in [0.25, 0.3) is 21.8 Å². The Morgan fingerprint density at radius 1 is 1.09 bits per heavy atom. The molecule has 0 saturated carbocycles.